The summed E-state index contributed by atoms with van der Waals surface area (Å²) in [5.41, 5.74) is 10.9. The Morgan fingerprint density at radius 3 is 2.67 bits per heavy atom. The first-order valence-electron chi connectivity index (χ1n) is 7.39. The molecule has 1 aromatic rings. The smallest absolute Gasteiger partial charge is 0.112 e. The van der Waals surface area contributed by atoms with Crippen LogP contribution in [0.4, 0.5) is 0 Å². The van der Waals surface area contributed by atoms with Crippen molar-refractivity contribution < 1.29 is 0 Å². The molecule has 0 saturated heterocycles. The highest BCUT2D eigenvalue weighted by Gasteiger charge is 2.43. The highest BCUT2D eigenvalue weighted by Crippen LogP contribution is 2.42. The van der Waals surface area contributed by atoms with Crippen LogP contribution in [0.3, 0.4) is 0 Å². The summed E-state index contributed by atoms with van der Waals surface area (Å²) in [7, 11) is 0. The molecule has 3 N–H and O–H groups in total. The number of allylic oxidation sites excluding steroid dienone is 1. The first kappa shape index (κ1) is 14.7. The first-order chi connectivity index (χ1) is 9.94. The molecule has 112 valence electrons. The largest absolute Gasteiger partial charge is 0.361 e. The van der Waals surface area contributed by atoms with Crippen LogP contribution in [0.5, 0.6) is 0 Å². The van der Waals surface area contributed by atoms with E-state index in [0.717, 1.165) is 16.6 Å². The predicted octanol–water partition coefficient (Wildman–Crippen LogP) is 3.64. The number of nitrogens with one attached hydrogen (secondary N) is 1. The van der Waals surface area contributed by atoms with Crippen LogP contribution in [0.1, 0.15) is 32.8 Å². The van der Waals surface area contributed by atoms with Gasteiger partial charge in [0.2, 0.25) is 0 Å². The van der Waals surface area contributed by atoms with Crippen LogP contribution >= 0.6 is 15.9 Å². The van der Waals surface area contributed by atoms with E-state index in [2.05, 4.69) is 77.4 Å². The summed E-state index contributed by atoms with van der Waals surface area (Å²) in [5, 5.41) is 3.72. The Hall–Kier alpha value is -1.26. The van der Waals surface area contributed by atoms with Crippen molar-refractivity contribution >= 4 is 21.6 Å². The van der Waals surface area contributed by atoms with E-state index < -0.39 is 0 Å². The SMILES string of the molecule is CC1=CN2C(CN)=C(c3ccc(Br)cc3)NC2(C)CC1C. The van der Waals surface area contributed by atoms with E-state index in [1.165, 1.54) is 16.8 Å². The molecule has 2 atom stereocenters. The Kier molecular flexibility index (Phi) is 3.62. The molecule has 2 unspecified atom stereocenters. The van der Waals surface area contributed by atoms with Crippen molar-refractivity contribution in [2.45, 2.75) is 32.9 Å². The van der Waals surface area contributed by atoms with Gasteiger partial charge in [0.1, 0.15) is 5.66 Å². The molecule has 0 aliphatic carbocycles. The van der Waals surface area contributed by atoms with Gasteiger partial charge in [0, 0.05) is 17.2 Å². The average Bonchev–Trinajstić information content (AvgIpc) is 2.72. The van der Waals surface area contributed by atoms with Crippen LogP contribution < -0.4 is 11.1 Å². The molecule has 0 amide bonds. The Morgan fingerprint density at radius 2 is 2.05 bits per heavy atom. The molecule has 3 nitrogen and oxygen atoms in total. The van der Waals surface area contributed by atoms with E-state index in [0.29, 0.717) is 12.5 Å². The molecular weight excluding hydrogens is 326 g/mol. The highest BCUT2D eigenvalue weighted by atomic mass is 79.9. The van der Waals surface area contributed by atoms with E-state index in [4.69, 9.17) is 5.73 Å². The van der Waals surface area contributed by atoms with Crippen molar-refractivity contribution in [3.8, 4) is 0 Å². The highest BCUT2D eigenvalue weighted by molar-refractivity contribution is 9.10. The minimum Gasteiger partial charge on any atom is -0.361 e. The van der Waals surface area contributed by atoms with Gasteiger partial charge in [-0.1, -0.05) is 40.6 Å². The van der Waals surface area contributed by atoms with Gasteiger partial charge >= 0.3 is 0 Å². The van der Waals surface area contributed by atoms with Crippen LogP contribution in [0.25, 0.3) is 5.70 Å². The monoisotopic (exact) mass is 347 g/mol. The fraction of sp³-hybridized carbons (Fsp3) is 0.412. The molecular formula is C17H22BrN3. The third kappa shape index (κ3) is 2.40. The number of hydrogen-bond acceptors (Lipinski definition) is 3. The number of hydrogen-bond donors (Lipinski definition) is 2. The van der Waals surface area contributed by atoms with Crippen molar-refractivity contribution in [3.05, 3.63) is 51.8 Å². The maximum Gasteiger partial charge on any atom is 0.112 e. The zero-order valence-corrected chi connectivity index (χ0v) is 14.4. The van der Waals surface area contributed by atoms with Crippen molar-refractivity contribution in [3.63, 3.8) is 0 Å². The fourth-order valence-corrected chi connectivity index (χ4v) is 3.60. The lowest BCUT2D eigenvalue weighted by molar-refractivity contribution is 0.156. The molecule has 0 bridgehead atoms. The number of benzene rings is 1. The number of halogens is 1. The van der Waals surface area contributed by atoms with Crippen molar-refractivity contribution in [2.75, 3.05) is 6.54 Å². The number of fused-ring (bicyclic) bond motifs is 1. The third-order valence-electron chi connectivity index (χ3n) is 4.65. The standard InChI is InChI=1S/C17H22BrN3/c1-11-8-17(3)20-16(13-4-6-14(18)7-5-13)15(9-19)21(17)10-12(11)2/h4-7,10-11,20H,8-9,19H2,1-3H3. The van der Waals surface area contributed by atoms with Crippen molar-refractivity contribution in [1.82, 2.24) is 10.2 Å². The van der Waals surface area contributed by atoms with Gasteiger partial charge in [0.15, 0.2) is 0 Å². The van der Waals surface area contributed by atoms with Gasteiger partial charge < -0.3 is 16.0 Å². The second-order valence-corrected chi connectivity index (χ2v) is 7.20. The Bertz CT molecular complexity index is 617. The second kappa shape index (κ2) is 5.18. The normalized spacial score (nSPS) is 28.3. The van der Waals surface area contributed by atoms with Crippen LogP contribution in [0.15, 0.2) is 46.2 Å². The van der Waals surface area contributed by atoms with E-state index in [1.807, 2.05) is 0 Å². The summed E-state index contributed by atoms with van der Waals surface area (Å²) < 4.78 is 1.09. The molecule has 2 aliphatic heterocycles. The Morgan fingerprint density at radius 1 is 1.38 bits per heavy atom. The number of rotatable bonds is 2. The zero-order valence-electron chi connectivity index (χ0n) is 12.8. The molecule has 21 heavy (non-hydrogen) atoms. The lowest BCUT2D eigenvalue weighted by Gasteiger charge is -2.42. The minimum atomic E-state index is -0.0734. The summed E-state index contributed by atoms with van der Waals surface area (Å²) >= 11 is 3.49. The van der Waals surface area contributed by atoms with E-state index in [-0.39, 0.29) is 5.66 Å². The summed E-state index contributed by atoms with van der Waals surface area (Å²) in [5.74, 6) is 0.585. The van der Waals surface area contributed by atoms with Gasteiger partial charge in [0.25, 0.3) is 0 Å². The van der Waals surface area contributed by atoms with Crippen LogP contribution in [0.2, 0.25) is 0 Å². The van der Waals surface area contributed by atoms with Crippen LogP contribution in [-0.2, 0) is 0 Å². The third-order valence-corrected chi connectivity index (χ3v) is 5.17. The second-order valence-electron chi connectivity index (χ2n) is 6.28. The maximum absolute atomic E-state index is 6.06. The van der Waals surface area contributed by atoms with Gasteiger partial charge in [-0.3, -0.25) is 0 Å². The zero-order chi connectivity index (χ0) is 15.2. The summed E-state index contributed by atoms with van der Waals surface area (Å²) in [6.07, 6.45) is 3.34. The number of nitrogens with zero attached hydrogens (tertiary/aromatic N) is 1. The molecule has 0 saturated carbocycles. The maximum atomic E-state index is 6.06. The predicted molar refractivity (Wildman–Crippen MR) is 91.0 cm³/mol. The Balaban J connectivity index is 2.06. The quantitative estimate of drug-likeness (QED) is 0.857. The molecule has 2 heterocycles. The van der Waals surface area contributed by atoms with Gasteiger partial charge in [-0.2, -0.15) is 0 Å². The van der Waals surface area contributed by atoms with Gasteiger partial charge in [-0.05, 0) is 43.9 Å². The molecule has 4 heteroatoms. The van der Waals surface area contributed by atoms with E-state index in [9.17, 15) is 0 Å². The van der Waals surface area contributed by atoms with E-state index in [1.54, 1.807) is 0 Å². The molecule has 1 aromatic carbocycles. The van der Waals surface area contributed by atoms with Gasteiger partial charge in [-0.15, -0.1) is 0 Å². The van der Waals surface area contributed by atoms with Gasteiger partial charge in [-0.25, -0.2) is 0 Å². The average molecular weight is 348 g/mol. The topological polar surface area (TPSA) is 41.3 Å². The molecule has 0 fully saturated rings. The van der Waals surface area contributed by atoms with Crippen molar-refractivity contribution in [2.24, 2.45) is 11.7 Å². The molecule has 3 rings (SSSR count). The molecule has 0 spiro atoms. The summed E-state index contributed by atoms with van der Waals surface area (Å²) in [4.78, 5) is 2.33. The summed E-state index contributed by atoms with van der Waals surface area (Å²) in [6.45, 7) is 7.28. The van der Waals surface area contributed by atoms with E-state index >= 15 is 0 Å². The minimum absolute atomic E-state index is 0.0734. The van der Waals surface area contributed by atoms with Crippen molar-refractivity contribution in [1.29, 1.82) is 0 Å². The first-order valence-corrected chi connectivity index (χ1v) is 8.19. The van der Waals surface area contributed by atoms with Gasteiger partial charge in [0.05, 0.1) is 11.4 Å². The fourth-order valence-electron chi connectivity index (χ4n) is 3.33. The molecule has 0 radical (unpaired) electrons. The van der Waals surface area contributed by atoms with Crippen LogP contribution in [-0.4, -0.2) is 17.1 Å². The summed E-state index contributed by atoms with van der Waals surface area (Å²) in [6, 6.07) is 8.40. The molecule has 0 aromatic heterocycles. The number of nitrogens with two attached hydrogens (primary N) is 1. The molecule has 2 aliphatic rings. The lowest BCUT2D eigenvalue weighted by Crippen LogP contribution is -2.51. The Labute approximate surface area is 135 Å². The lowest BCUT2D eigenvalue weighted by atomic mass is 9.88. The van der Waals surface area contributed by atoms with Crippen LogP contribution in [0, 0.1) is 5.92 Å².